The van der Waals surface area contributed by atoms with Crippen molar-refractivity contribution in [2.75, 3.05) is 11.9 Å². The highest BCUT2D eigenvalue weighted by Crippen LogP contribution is 2.59. The molecule has 4 rings (SSSR count). The summed E-state index contributed by atoms with van der Waals surface area (Å²) in [5.41, 5.74) is 6.80. The van der Waals surface area contributed by atoms with Gasteiger partial charge in [0.2, 0.25) is 5.91 Å². The lowest BCUT2D eigenvalue weighted by Crippen LogP contribution is -2.47. The predicted octanol–water partition coefficient (Wildman–Crippen LogP) is 3.15. The van der Waals surface area contributed by atoms with Gasteiger partial charge in [0.25, 0.3) is 0 Å². The van der Waals surface area contributed by atoms with E-state index < -0.39 is 5.54 Å². The Hall–Kier alpha value is -2.67. The number of benzene rings is 1. The lowest BCUT2D eigenvalue weighted by atomic mass is 9.89. The summed E-state index contributed by atoms with van der Waals surface area (Å²) < 4.78 is 11.8. The van der Waals surface area contributed by atoms with E-state index >= 15 is 0 Å². The van der Waals surface area contributed by atoms with Crippen LogP contribution in [-0.4, -0.2) is 28.0 Å². The highest BCUT2D eigenvalue weighted by atomic mass is 16.5. The molecule has 1 aromatic heterocycles. The smallest absolute Gasteiger partial charge is 0.322 e. The van der Waals surface area contributed by atoms with Gasteiger partial charge in [0.15, 0.2) is 0 Å². The number of hydrogen-bond acceptors (Lipinski definition) is 6. The average Bonchev–Trinajstić information content (AvgIpc) is 3.43. The van der Waals surface area contributed by atoms with Crippen molar-refractivity contribution in [2.24, 2.45) is 5.73 Å². The van der Waals surface area contributed by atoms with E-state index in [0.29, 0.717) is 12.1 Å². The summed E-state index contributed by atoms with van der Waals surface area (Å²) in [5, 5.41) is 2.73. The zero-order chi connectivity index (χ0) is 19.1. The molecule has 0 bridgehead atoms. The molecule has 1 aliphatic heterocycles. The third-order valence-electron chi connectivity index (χ3n) is 5.55. The third-order valence-corrected chi connectivity index (χ3v) is 5.55. The number of nitrogens with two attached hydrogens (primary N) is 1. The van der Waals surface area contributed by atoms with Gasteiger partial charge in [0.1, 0.15) is 11.5 Å². The SMILES string of the molecule is CC[C@](C)(N)C(=O)Nc1cnc(Oc2cccc3c2C2(CCO3)CC2)nc1. The number of anilines is 1. The van der Waals surface area contributed by atoms with E-state index in [2.05, 4.69) is 15.3 Å². The predicted molar refractivity (Wildman–Crippen MR) is 101 cm³/mol. The van der Waals surface area contributed by atoms with Crippen molar-refractivity contribution in [2.45, 2.75) is 50.5 Å². The summed E-state index contributed by atoms with van der Waals surface area (Å²) in [6.45, 7) is 4.30. The van der Waals surface area contributed by atoms with Gasteiger partial charge in [0, 0.05) is 11.0 Å². The number of carbonyl (C=O) groups is 1. The molecule has 7 heteroatoms. The zero-order valence-corrected chi connectivity index (χ0v) is 15.6. The van der Waals surface area contributed by atoms with Gasteiger partial charge in [0.05, 0.1) is 30.2 Å². The van der Waals surface area contributed by atoms with E-state index in [0.717, 1.165) is 42.9 Å². The van der Waals surface area contributed by atoms with Crippen molar-refractivity contribution < 1.29 is 14.3 Å². The molecule has 7 nitrogen and oxygen atoms in total. The van der Waals surface area contributed by atoms with Crippen LogP contribution in [0.3, 0.4) is 0 Å². The number of nitrogens with one attached hydrogen (secondary N) is 1. The first-order chi connectivity index (χ1) is 12.9. The van der Waals surface area contributed by atoms with Gasteiger partial charge in [-0.05, 0) is 44.7 Å². The first-order valence-electron chi connectivity index (χ1n) is 9.30. The first-order valence-corrected chi connectivity index (χ1v) is 9.30. The number of fused-ring (bicyclic) bond motifs is 2. The Balaban J connectivity index is 1.51. The number of amides is 1. The minimum atomic E-state index is -0.934. The highest BCUT2D eigenvalue weighted by Gasteiger charge is 2.49. The topological polar surface area (TPSA) is 99.4 Å². The largest absolute Gasteiger partial charge is 0.493 e. The van der Waals surface area contributed by atoms with Gasteiger partial charge in [-0.15, -0.1) is 0 Å². The van der Waals surface area contributed by atoms with Crippen molar-refractivity contribution in [1.29, 1.82) is 0 Å². The van der Waals surface area contributed by atoms with Crippen LogP contribution in [0.25, 0.3) is 0 Å². The fourth-order valence-electron chi connectivity index (χ4n) is 3.34. The Labute approximate surface area is 158 Å². The molecule has 1 amide bonds. The molecule has 0 radical (unpaired) electrons. The molecule has 2 heterocycles. The first kappa shape index (κ1) is 17.7. The van der Waals surface area contributed by atoms with Crippen LogP contribution in [0.5, 0.6) is 17.5 Å². The summed E-state index contributed by atoms with van der Waals surface area (Å²) in [7, 11) is 0. The second kappa shape index (κ2) is 6.49. The second-order valence-corrected chi connectivity index (χ2v) is 7.59. The van der Waals surface area contributed by atoms with Gasteiger partial charge in [-0.2, -0.15) is 0 Å². The Morgan fingerprint density at radius 3 is 2.74 bits per heavy atom. The molecular formula is C20H24N4O3. The molecule has 2 aromatic rings. The molecule has 3 N–H and O–H groups in total. The monoisotopic (exact) mass is 368 g/mol. The molecule has 0 unspecified atom stereocenters. The maximum atomic E-state index is 12.1. The van der Waals surface area contributed by atoms with Gasteiger partial charge in [-0.25, -0.2) is 9.97 Å². The van der Waals surface area contributed by atoms with Gasteiger partial charge in [-0.3, -0.25) is 4.79 Å². The number of rotatable bonds is 5. The van der Waals surface area contributed by atoms with Crippen LogP contribution in [-0.2, 0) is 10.2 Å². The molecule has 1 saturated carbocycles. The summed E-state index contributed by atoms with van der Waals surface area (Å²) in [4.78, 5) is 20.6. The number of hydrogen-bond donors (Lipinski definition) is 2. The minimum Gasteiger partial charge on any atom is -0.493 e. The van der Waals surface area contributed by atoms with E-state index in [-0.39, 0.29) is 17.3 Å². The average molecular weight is 368 g/mol. The van der Waals surface area contributed by atoms with E-state index in [9.17, 15) is 4.79 Å². The quantitative estimate of drug-likeness (QED) is 0.841. The normalized spacial score (nSPS) is 18.8. The molecule has 27 heavy (non-hydrogen) atoms. The van der Waals surface area contributed by atoms with E-state index in [1.165, 1.54) is 12.4 Å². The van der Waals surface area contributed by atoms with Crippen LogP contribution < -0.4 is 20.5 Å². The van der Waals surface area contributed by atoms with Gasteiger partial charge >= 0.3 is 6.01 Å². The lowest BCUT2D eigenvalue weighted by Gasteiger charge is -2.27. The van der Waals surface area contributed by atoms with Gasteiger partial charge in [-0.1, -0.05) is 13.0 Å². The van der Waals surface area contributed by atoms with Crippen molar-refractivity contribution in [1.82, 2.24) is 9.97 Å². The van der Waals surface area contributed by atoms with Crippen molar-refractivity contribution >= 4 is 11.6 Å². The van der Waals surface area contributed by atoms with Crippen LogP contribution >= 0.6 is 0 Å². The van der Waals surface area contributed by atoms with Crippen LogP contribution in [0.15, 0.2) is 30.6 Å². The maximum absolute atomic E-state index is 12.1. The zero-order valence-electron chi connectivity index (χ0n) is 15.6. The molecule has 0 saturated heterocycles. The fraction of sp³-hybridized carbons (Fsp3) is 0.450. The molecule has 1 fully saturated rings. The van der Waals surface area contributed by atoms with Crippen LogP contribution in [0.1, 0.15) is 45.1 Å². The Kier molecular flexibility index (Phi) is 4.26. The highest BCUT2D eigenvalue weighted by molar-refractivity contribution is 5.97. The Morgan fingerprint density at radius 1 is 1.33 bits per heavy atom. The number of ether oxygens (including phenoxy) is 2. The van der Waals surface area contributed by atoms with E-state index in [4.69, 9.17) is 15.2 Å². The van der Waals surface area contributed by atoms with E-state index in [1.54, 1.807) is 6.92 Å². The Bertz CT molecular complexity index is 860. The molecule has 1 aromatic carbocycles. The number of carbonyl (C=O) groups excluding carboxylic acids is 1. The standard InChI is InChI=1S/C20H24N4O3/c1-3-19(2,21)17(25)24-13-11-22-18(23-12-13)27-15-6-4-5-14-16(15)20(7-8-20)9-10-26-14/h4-6,11-12H,3,7-10,21H2,1-2H3,(H,24,25)/t19-/m0/s1. The summed E-state index contributed by atoms with van der Waals surface area (Å²) in [5.74, 6) is 1.36. The van der Waals surface area contributed by atoms with Crippen LogP contribution in [0.2, 0.25) is 0 Å². The summed E-state index contributed by atoms with van der Waals surface area (Å²) in [6.07, 6.45) is 6.90. The molecular weight excluding hydrogens is 344 g/mol. The molecule has 142 valence electrons. The van der Waals surface area contributed by atoms with Crippen molar-refractivity contribution in [3.05, 3.63) is 36.2 Å². The maximum Gasteiger partial charge on any atom is 0.322 e. The van der Waals surface area contributed by atoms with E-state index in [1.807, 2.05) is 25.1 Å². The minimum absolute atomic E-state index is 0.184. The summed E-state index contributed by atoms with van der Waals surface area (Å²) >= 11 is 0. The third kappa shape index (κ3) is 3.35. The molecule has 1 spiro atoms. The molecule has 1 aliphatic carbocycles. The number of aromatic nitrogens is 2. The van der Waals surface area contributed by atoms with Gasteiger partial charge < -0.3 is 20.5 Å². The van der Waals surface area contributed by atoms with Crippen LogP contribution in [0.4, 0.5) is 5.69 Å². The fourth-order valence-corrected chi connectivity index (χ4v) is 3.34. The van der Waals surface area contributed by atoms with Crippen molar-refractivity contribution in [3.8, 4) is 17.5 Å². The number of nitrogens with zero attached hydrogens (tertiary/aromatic N) is 2. The lowest BCUT2D eigenvalue weighted by molar-refractivity contribution is -0.120. The summed E-state index contributed by atoms with van der Waals surface area (Å²) in [6, 6.07) is 6.05. The second-order valence-electron chi connectivity index (χ2n) is 7.59. The molecule has 2 aliphatic rings. The molecule has 1 atom stereocenters. The van der Waals surface area contributed by atoms with Crippen LogP contribution in [0, 0.1) is 0 Å². The Morgan fingerprint density at radius 2 is 2.07 bits per heavy atom. The van der Waals surface area contributed by atoms with Crippen molar-refractivity contribution in [3.63, 3.8) is 0 Å².